The summed E-state index contributed by atoms with van der Waals surface area (Å²) in [5.74, 6) is 0.0284. The van der Waals surface area contributed by atoms with Gasteiger partial charge < -0.3 is 5.11 Å². The Bertz CT molecular complexity index is 506. The fourth-order valence-corrected chi connectivity index (χ4v) is 2.48. The van der Waals surface area contributed by atoms with Crippen molar-refractivity contribution in [2.24, 2.45) is 0 Å². The number of pyridine rings is 1. The Hall–Kier alpha value is -1.14. The molecule has 1 N–H and O–H groups in total. The molecule has 0 spiro atoms. The van der Waals surface area contributed by atoms with Gasteiger partial charge >= 0.3 is 6.18 Å². The summed E-state index contributed by atoms with van der Waals surface area (Å²) in [6.07, 6.45) is -3.90. The molecule has 7 heteroatoms. The summed E-state index contributed by atoms with van der Waals surface area (Å²) in [7, 11) is 0. The number of hydrogen-bond donors (Lipinski definition) is 1. The standard InChI is InChI=1S/C12H11ClF3NO2/c13-10-8(1-2-9(17-10)12(14,15)16)11(19)5-3-7(18)4-6-11/h1-2,19H,3-6H2. The molecule has 0 radical (unpaired) electrons. The van der Waals surface area contributed by atoms with Crippen LogP contribution in [0.5, 0.6) is 0 Å². The number of carbonyl (C=O) groups is 1. The van der Waals surface area contributed by atoms with Gasteiger partial charge in [-0.3, -0.25) is 4.79 Å². The highest BCUT2D eigenvalue weighted by Gasteiger charge is 2.38. The molecule has 1 aliphatic carbocycles. The maximum absolute atomic E-state index is 12.5. The van der Waals surface area contributed by atoms with E-state index in [0.29, 0.717) is 0 Å². The summed E-state index contributed by atoms with van der Waals surface area (Å²) in [6, 6.07) is 1.92. The van der Waals surface area contributed by atoms with E-state index in [0.717, 1.165) is 12.1 Å². The monoisotopic (exact) mass is 293 g/mol. The van der Waals surface area contributed by atoms with Gasteiger partial charge in [0.05, 0.1) is 5.60 Å². The van der Waals surface area contributed by atoms with Gasteiger partial charge in [-0.05, 0) is 18.9 Å². The normalized spacial score (nSPS) is 19.5. The van der Waals surface area contributed by atoms with Crippen molar-refractivity contribution >= 4 is 17.4 Å². The molecule has 0 bridgehead atoms. The van der Waals surface area contributed by atoms with E-state index in [4.69, 9.17) is 11.6 Å². The van der Waals surface area contributed by atoms with Crippen LogP contribution in [0.3, 0.4) is 0 Å². The minimum atomic E-state index is -4.58. The van der Waals surface area contributed by atoms with Crippen LogP contribution >= 0.6 is 11.6 Å². The van der Waals surface area contributed by atoms with Gasteiger partial charge in [-0.2, -0.15) is 13.2 Å². The number of ketones is 1. The average molecular weight is 294 g/mol. The first kappa shape index (κ1) is 14.3. The third-order valence-corrected chi connectivity index (χ3v) is 3.56. The first-order chi connectivity index (χ1) is 8.72. The van der Waals surface area contributed by atoms with Crippen LogP contribution < -0.4 is 0 Å². The molecule has 0 atom stereocenters. The molecule has 19 heavy (non-hydrogen) atoms. The van der Waals surface area contributed by atoms with Crippen molar-refractivity contribution in [3.05, 3.63) is 28.5 Å². The number of carbonyl (C=O) groups excluding carboxylic acids is 1. The first-order valence-electron chi connectivity index (χ1n) is 5.71. The number of hydrogen-bond acceptors (Lipinski definition) is 3. The fourth-order valence-electron chi connectivity index (χ4n) is 2.15. The van der Waals surface area contributed by atoms with E-state index in [1.54, 1.807) is 0 Å². The second-order valence-corrected chi connectivity index (χ2v) is 4.96. The molecule has 0 unspecified atom stereocenters. The Balaban J connectivity index is 2.33. The zero-order valence-electron chi connectivity index (χ0n) is 9.80. The van der Waals surface area contributed by atoms with Gasteiger partial charge in [-0.15, -0.1) is 0 Å². The van der Waals surface area contributed by atoms with Crippen LogP contribution in [0.4, 0.5) is 13.2 Å². The number of aliphatic hydroxyl groups is 1. The van der Waals surface area contributed by atoms with Crippen molar-refractivity contribution in [3.8, 4) is 0 Å². The van der Waals surface area contributed by atoms with Gasteiger partial charge in [0.1, 0.15) is 16.6 Å². The van der Waals surface area contributed by atoms with Crippen molar-refractivity contribution in [2.75, 3.05) is 0 Å². The van der Waals surface area contributed by atoms with Crippen LogP contribution in [0.25, 0.3) is 0 Å². The average Bonchev–Trinajstić information content (AvgIpc) is 2.32. The molecule has 1 aliphatic rings. The van der Waals surface area contributed by atoms with Crippen LogP contribution in [0.2, 0.25) is 5.15 Å². The molecule has 0 aromatic carbocycles. The lowest BCUT2D eigenvalue weighted by atomic mass is 9.80. The van der Waals surface area contributed by atoms with E-state index >= 15 is 0 Å². The topological polar surface area (TPSA) is 50.2 Å². The quantitative estimate of drug-likeness (QED) is 0.810. The van der Waals surface area contributed by atoms with Crippen molar-refractivity contribution in [1.29, 1.82) is 0 Å². The number of rotatable bonds is 1. The van der Waals surface area contributed by atoms with E-state index < -0.39 is 17.5 Å². The molecule has 1 saturated carbocycles. The predicted molar refractivity (Wildman–Crippen MR) is 61.6 cm³/mol. The Labute approximate surface area is 112 Å². The molecule has 0 aliphatic heterocycles. The number of nitrogens with zero attached hydrogens (tertiary/aromatic N) is 1. The molecular weight excluding hydrogens is 283 g/mol. The van der Waals surface area contributed by atoms with Gasteiger partial charge in [0.25, 0.3) is 0 Å². The SMILES string of the molecule is O=C1CCC(O)(c2ccc(C(F)(F)F)nc2Cl)CC1. The fraction of sp³-hybridized carbons (Fsp3) is 0.500. The maximum Gasteiger partial charge on any atom is 0.433 e. The molecule has 2 rings (SSSR count). The molecule has 1 fully saturated rings. The van der Waals surface area contributed by atoms with Crippen molar-refractivity contribution in [2.45, 2.75) is 37.5 Å². The summed E-state index contributed by atoms with van der Waals surface area (Å²) >= 11 is 5.74. The highest BCUT2D eigenvalue weighted by atomic mass is 35.5. The number of Topliss-reactive ketones (excluding diaryl/α,β-unsaturated/α-hetero) is 1. The molecule has 1 heterocycles. The summed E-state index contributed by atoms with van der Waals surface area (Å²) in [5, 5.41) is 10.0. The van der Waals surface area contributed by atoms with E-state index in [9.17, 15) is 23.1 Å². The van der Waals surface area contributed by atoms with Crippen molar-refractivity contribution in [1.82, 2.24) is 4.98 Å². The second kappa shape index (κ2) is 4.76. The van der Waals surface area contributed by atoms with E-state index in [2.05, 4.69) is 4.98 Å². The van der Waals surface area contributed by atoms with Crippen molar-refractivity contribution < 1.29 is 23.1 Å². The molecule has 0 saturated heterocycles. The molecule has 3 nitrogen and oxygen atoms in total. The van der Waals surface area contributed by atoms with Crippen LogP contribution in [0.1, 0.15) is 36.9 Å². The van der Waals surface area contributed by atoms with Crippen molar-refractivity contribution in [3.63, 3.8) is 0 Å². The van der Waals surface area contributed by atoms with Crippen LogP contribution in [0.15, 0.2) is 12.1 Å². The molecular formula is C12H11ClF3NO2. The Morgan fingerprint density at radius 1 is 1.26 bits per heavy atom. The van der Waals surface area contributed by atoms with Crippen LogP contribution in [-0.4, -0.2) is 15.9 Å². The Morgan fingerprint density at radius 2 is 1.84 bits per heavy atom. The van der Waals surface area contributed by atoms with Gasteiger partial charge in [0.2, 0.25) is 0 Å². The largest absolute Gasteiger partial charge is 0.433 e. The molecule has 0 amide bonds. The lowest BCUT2D eigenvalue weighted by molar-refractivity contribution is -0.141. The number of aromatic nitrogens is 1. The lowest BCUT2D eigenvalue weighted by Crippen LogP contribution is -2.32. The summed E-state index contributed by atoms with van der Waals surface area (Å²) < 4.78 is 37.4. The zero-order valence-corrected chi connectivity index (χ0v) is 10.6. The smallest absolute Gasteiger partial charge is 0.385 e. The summed E-state index contributed by atoms with van der Waals surface area (Å²) in [5.41, 5.74) is -2.33. The minimum absolute atomic E-state index is 0.0284. The minimum Gasteiger partial charge on any atom is -0.385 e. The lowest BCUT2D eigenvalue weighted by Gasteiger charge is -2.32. The third kappa shape index (κ3) is 2.90. The molecule has 1 aromatic rings. The first-order valence-corrected chi connectivity index (χ1v) is 6.08. The molecule has 1 aromatic heterocycles. The Kier molecular flexibility index (Phi) is 3.57. The summed E-state index contributed by atoms with van der Waals surface area (Å²) in [4.78, 5) is 14.4. The van der Waals surface area contributed by atoms with E-state index in [-0.39, 0.29) is 42.2 Å². The predicted octanol–water partition coefficient (Wildman–Crippen LogP) is 3.08. The Morgan fingerprint density at radius 3 is 2.32 bits per heavy atom. The second-order valence-electron chi connectivity index (χ2n) is 4.60. The van der Waals surface area contributed by atoms with Crippen LogP contribution in [-0.2, 0) is 16.6 Å². The zero-order chi connectivity index (χ0) is 14.3. The van der Waals surface area contributed by atoms with E-state index in [1.807, 2.05) is 0 Å². The van der Waals surface area contributed by atoms with Gasteiger partial charge in [0.15, 0.2) is 0 Å². The number of halogens is 4. The van der Waals surface area contributed by atoms with Crippen LogP contribution in [0, 0.1) is 0 Å². The highest BCUT2D eigenvalue weighted by molar-refractivity contribution is 6.30. The third-order valence-electron chi connectivity index (χ3n) is 3.28. The molecule has 104 valence electrons. The highest BCUT2D eigenvalue weighted by Crippen LogP contribution is 2.39. The number of alkyl halides is 3. The van der Waals surface area contributed by atoms with E-state index in [1.165, 1.54) is 0 Å². The van der Waals surface area contributed by atoms with Gasteiger partial charge in [-0.1, -0.05) is 17.7 Å². The van der Waals surface area contributed by atoms with Gasteiger partial charge in [0, 0.05) is 18.4 Å². The summed E-state index contributed by atoms with van der Waals surface area (Å²) in [6.45, 7) is 0. The van der Waals surface area contributed by atoms with Gasteiger partial charge in [-0.25, -0.2) is 4.98 Å². The maximum atomic E-state index is 12.5.